The summed E-state index contributed by atoms with van der Waals surface area (Å²) in [5.74, 6) is -2.01. The first kappa shape index (κ1) is 16.8. The number of benzene rings is 2. The number of hydrogen-bond acceptors (Lipinski definition) is 6. The third-order valence-electron chi connectivity index (χ3n) is 3.47. The van der Waals surface area contributed by atoms with Gasteiger partial charge in [-0.3, -0.25) is 14.9 Å². The van der Waals surface area contributed by atoms with E-state index in [1.807, 2.05) is 0 Å². The summed E-state index contributed by atoms with van der Waals surface area (Å²) in [6.07, 6.45) is 0. The Morgan fingerprint density at radius 3 is 2.31 bits per heavy atom. The fraction of sp³-hybridized carbons (Fsp3) is 0. The summed E-state index contributed by atoms with van der Waals surface area (Å²) < 4.78 is 0. The van der Waals surface area contributed by atoms with E-state index in [0.717, 1.165) is 4.79 Å². The zero-order valence-electron chi connectivity index (χ0n) is 13.1. The van der Waals surface area contributed by atoms with Crippen LogP contribution < -0.4 is 5.43 Å². The number of rotatable bonds is 5. The largest absolute Gasteiger partial charge is 0.476 e. The molecule has 0 unspecified atom stereocenters. The van der Waals surface area contributed by atoms with Crippen molar-refractivity contribution in [1.82, 2.24) is 15.1 Å². The lowest BCUT2D eigenvalue weighted by Gasteiger charge is -2.06. The van der Waals surface area contributed by atoms with Crippen LogP contribution in [0.4, 0.5) is 5.69 Å². The quantitative estimate of drug-likeness (QED) is 0.527. The highest BCUT2D eigenvalue weighted by Crippen LogP contribution is 2.20. The average Bonchev–Trinajstić information content (AvgIpc) is 3.06. The minimum absolute atomic E-state index is 0.0992. The van der Waals surface area contributed by atoms with Gasteiger partial charge in [-0.25, -0.2) is 10.2 Å². The van der Waals surface area contributed by atoms with Crippen LogP contribution in [0.2, 0.25) is 0 Å². The van der Waals surface area contributed by atoms with Gasteiger partial charge in [-0.15, -0.1) is 9.89 Å². The highest BCUT2D eigenvalue weighted by Gasteiger charge is 2.22. The predicted octanol–water partition coefficient (Wildman–Crippen LogP) is 1.94. The number of aromatic nitrogens is 3. The maximum atomic E-state index is 12.3. The molecule has 0 fully saturated rings. The van der Waals surface area contributed by atoms with Gasteiger partial charge in [0.05, 0.1) is 4.92 Å². The average molecular weight is 353 g/mol. The van der Waals surface area contributed by atoms with E-state index in [1.165, 1.54) is 24.3 Å². The molecule has 0 atom stereocenters. The molecule has 2 aromatic carbocycles. The molecular formula is C16H11N5O5. The van der Waals surface area contributed by atoms with Crippen LogP contribution in [0.5, 0.6) is 0 Å². The lowest BCUT2D eigenvalue weighted by Crippen LogP contribution is -2.27. The van der Waals surface area contributed by atoms with Gasteiger partial charge in [0, 0.05) is 23.3 Å². The van der Waals surface area contributed by atoms with Crippen LogP contribution >= 0.6 is 0 Å². The Morgan fingerprint density at radius 1 is 1.08 bits per heavy atom. The van der Waals surface area contributed by atoms with Crippen molar-refractivity contribution < 1.29 is 19.6 Å². The van der Waals surface area contributed by atoms with Crippen LogP contribution in [0.3, 0.4) is 0 Å². The van der Waals surface area contributed by atoms with Gasteiger partial charge in [0.2, 0.25) is 0 Å². The Morgan fingerprint density at radius 2 is 1.73 bits per heavy atom. The Hall–Kier alpha value is -4.08. The molecule has 1 heterocycles. The van der Waals surface area contributed by atoms with Gasteiger partial charge in [-0.1, -0.05) is 30.3 Å². The Bertz CT molecular complexity index is 982. The predicted molar refractivity (Wildman–Crippen MR) is 89.2 cm³/mol. The maximum absolute atomic E-state index is 12.3. The first-order valence-electron chi connectivity index (χ1n) is 7.27. The second-order valence-electron chi connectivity index (χ2n) is 5.11. The lowest BCUT2D eigenvalue weighted by atomic mass is 10.1. The monoisotopic (exact) mass is 353 g/mol. The van der Waals surface area contributed by atoms with E-state index in [9.17, 15) is 24.8 Å². The molecule has 10 heteroatoms. The summed E-state index contributed by atoms with van der Waals surface area (Å²) in [6, 6.07) is 13.4. The molecule has 3 aromatic rings. The highest BCUT2D eigenvalue weighted by molar-refractivity contribution is 6.01. The molecule has 130 valence electrons. The zero-order valence-corrected chi connectivity index (χ0v) is 13.1. The molecule has 3 rings (SSSR count). The molecule has 0 bridgehead atoms. The molecule has 1 aromatic heterocycles. The number of nitrogens with zero attached hydrogens (tertiary/aromatic N) is 4. The first-order chi connectivity index (χ1) is 12.5. The van der Waals surface area contributed by atoms with Gasteiger partial charge >= 0.3 is 5.97 Å². The number of non-ortho nitro benzene ring substituents is 1. The number of nitrogens with one attached hydrogen (secondary N) is 1. The van der Waals surface area contributed by atoms with Crippen LogP contribution in [0.1, 0.15) is 20.8 Å². The molecule has 2 N–H and O–H groups in total. The van der Waals surface area contributed by atoms with E-state index in [0.29, 0.717) is 5.56 Å². The molecule has 0 aliphatic carbocycles. The second kappa shape index (κ2) is 6.81. The summed E-state index contributed by atoms with van der Waals surface area (Å²) in [5.41, 5.74) is 2.55. The fourth-order valence-electron chi connectivity index (χ4n) is 2.24. The van der Waals surface area contributed by atoms with Crippen molar-refractivity contribution in [2.75, 3.05) is 5.43 Å². The van der Waals surface area contributed by atoms with Gasteiger partial charge in [-0.05, 0) is 17.3 Å². The van der Waals surface area contributed by atoms with Crippen LogP contribution in [-0.4, -0.2) is 37.0 Å². The highest BCUT2D eigenvalue weighted by atomic mass is 16.6. The lowest BCUT2D eigenvalue weighted by molar-refractivity contribution is -0.384. The minimum atomic E-state index is -1.32. The van der Waals surface area contributed by atoms with Gasteiger partial charge in [0.15, 0.2) is 5.69 Å². The number of aromatic carboxylic acids is 1. The van der Waals surface area contributed by atoms with E-state index >= 15 is 0 Å². The van der Waals surface area contributed by atoms with Gasteiger partial charge in [-0.2, -0.15) is 0 Å². The maximum Gasteiger partial charge on any atom is 0.358 e. The number of carboxylic acid groups (broad SMARTS) is 1. The number of hydrogen-bond donors (Lipinski definition) is 2. The topological polar surface area (TPSA) is 140 Å². The van der Waals surface area contributed by atoms with Crippen molar-refractivity contribution in [3.05, 3.63) is 76.0 Å². The van der Waals surface area contributed by atoms with Crippen molar-refractivity contribution in [2.45, 2.75) is 0 Å². The molecule has 0 saturated heterocycles. The van der Waals surface area contributed by atoms with Gasteiger partial charge in [0.25, 0.3) is 11.6 Å². The smallest absolute Gasteiger partial charge is 0.358 e. The van der Waals surface area contributed by atoms with Crippen LogP contribution in [0.15, 0.2) is 54.6 Å². The SMILES string of the molecule is O=C(Nn1nnc(-c2ccccc2)c1C(=O)O)c1ccc([N+](=O)[O-])cc1. The van der Waals surface area contributed by atoms with Crippen LogP contribution in [-0.2, 0) is 0 Å². The molecule has 1 amide bonds. The van der Waals surface area contributed by atoms with Crippen molar-refractivity contribution in [3.63, 3.8) is 0 Å². The molecule has 0 spiro atoms. The van der Waals surface area contributed by atoms with Gasteiger partial charge in [0.1, 0.15) is 5.69 Å². The standard InChI is InChI=1S/C16H11N5O5/c22-15(11-6-8-12(9-7-11)21(25)26)18-20-14(16(23)24)13(17-19-20)10-4-2-1-3-5-10/h1-9H,(H,18,22)(H,23,24). The minimum Gasteiger partial charge on any atom is -0.476 e. The van der Waals surface area contributed by atoms with E-state index in [1.54, 1.807) is 30.3 Å². The molecule has 26 heavy (non-hydrogen) atoms. The van der Waals surface area contributed by atoms with Crippen molar-refractivity contribution >= 4 is 17.6 Å². The van der Waals surface area contributed by atoms with Crippen LogP contribution in [0, 0.1) is 10.1 Å². The normalized spacial score (nSPS) is 10.3. The molecule has 0 saturated carbocycles. The summed E-state index contributed by atoms with van der Waals surface area (Å²) in [4.78, 5) is 34.7. The summed E-state index contributed by atoms with van der Waals surface area (Å²) in [7, 11) is 0. The van der Waals surface area contributed by atoms with E-state index in [2.05, 4.69) is 15.7 Å². The molecular weight excluding hydrogens is 342 g/mol. The van der Waals surface area contributed by atoms with Crippen LogP contribution in [0.25, 0.3) is 11.3 Å². The Balaban J connectivity index is 1.90. The second-order valence-corrected chi connectivity index (χ2v) is 5.11. The molecule has 0 radical (unpaired) electrons. The van der Waals surface area contributed by atoms with E-state index in [4.69, 9.17) is 0 Å². The summed E-state index contributed by atoms with van der Waals surface area (Å²) >= 11 is 0. The third-order valence-corrected chi connectivity index (χ3v) is 3.47. The summed E-state index contributed by atoms with van der Waals surface area (Å²) in [6.45, 7) is 0. The third kappa shape index (κ3) is 3.24. The Kier molecular flexibility index (Phi) is 4.39. The zero-order chi connectivity index (χ0) is 18.7. The Labute approximate surface area is 145 Å². The number of carbonyl (C=O) groups excluding carboxylic acids is 1. The van der Waals surface area contributed by atoms with E-state index < -0.39 is 16.8 Å². The van der Waals surface area contributed by atoms with Crippen molar-refractivity contribution in [3.8, 4) is 11.3 Å². The molecule has 0 aliphatic rings. The molecule has 10 nitrogen and oxygen atoms in total. The number of carbonyl (C=O) groups is 2. The van der Waals surface area contributed by atoms with Gasteiger partial charge < -0.3 is 5.11 Å². The first-order valence-corrected chi connectivity index (χ1v) is 7.27. The number of amides is 1. The van der Waals surface area contributed by atoms with Crippen molar-refractivity contribution in [2.24, 2.45) is 0 Å². The number of nitro groups is 1. The number of nitro benzene ring substituents is 1. The summed E-state index contributed by atoms with van der Waals surface area (Å²) in [5, 5.41) is 27.6. The molecule has 0 aliphatic heterocycles. The van der Waals surface area contributed by atoms with Crippen molar-refractivity contribution in [1.29, 1.82) is 0 Å². The van der Waals surface area contributed by atoms with E-state index in [-0.39, 0.29) is 22.6 Å². The number of carboxylic acids is 1. The fourth-order valence-corrected chi connectivity index (χ4v) is 2.24.